The van der Waals surface area contributed by atoms with Gasteiger partial charge in [-0.15, -0.1) is 0 Å². The average molecular weight is 202 g/mol. The lowest BCUT2D eigenvalue weighted by Gasteiger charge is -2.38. The lowest BCUT2D eigenvalue weighted by Crippen LogP contribution is -2.24. The first-order chi connectivity index (χ1) is 7.12. The Morgan fingerprint density at radius 1 is 1.07 bits per heavy atom. The highest BCUT2D eigenvalue weighted by Gasteiger charge is 2.31. The van der Waals surface area contributed by atoms with Crippen molar-refractivity contribution in [3.8, 4) is 0 Å². The van der Waals surface area contributed by atoms with Crippen molar-refractivity contribution in [1.29, 1.82) is 0 Å². The van der Waals surface area contributed by atoms with Gasteiger partial charge in [0, 0.05) is 0 Å². The normalized spacial score (nSPS) is 26.3. The molecule has 0 bridgehead atoms. The van der Waals surface area contributed by atoms with Gasteiger partial charge in [-0.05, 0) is 42.2 Å². The predicted octanol–water partition coefficient (Wildman–Crippen LogP) is 4.79. The van der Waals surface area contributed by atoms with Gasteiger partial charge in [0.1, 0.15) is 0 Å². The summed E-state index contributed by atoms with van der Waals surface area (Å²) in [6.45, 7) is 10.6. The fraction of sp³-hybridized carbons (Fsp3) is 0.600. The summed E-state index contributed by atoms with van der Waals surface area (Å²) >= 11 is 0. The Kier molecular flexibility index (Phi) is 2.86. The minimum atomic E-state index is 0.474. The van der Waals surface area contributed by atoms with Gasteiger partial charge in [0.05, 0.1) is 0 Å². The molecule has 2 aliphatic carbocycles. The summed E-state index contributed by atoms with van der Waals surface area (Å²) in [6.07, 6.45) is 11.6. The van der Waals surface area contributed by atoms with Gasteiger partial charge in [0.15, 0.2) is 0 Å². The van der Waals surface area contributed by atoms with Gasteiger partial charge < -0.3 is 0 Å². The molecule has 2 rings (SSSR count). The fourth-order valence-electron chi connectivity index (χ4n) is 2.96. The molecule has 1 saturated carbocycles. The second-order valence-electron chi connectivity index (χ2n) is 5.42. The number of hydrogen-bond acceptors (Lipinski definition) is 0. The molecule has 1 fully saturated rings. The van der Waals surface area contributed by atoms with E-state index in [1.807, 2.05) is 0 Å². The third-order valence-electron chi connectivity index (χ3n) is 4.23. The maximum Gasteiger partial charge on any atom is -0.0113 e. The molecule has 0 aromatic heterocycles. The number of allylic oxidation sites excluding steroid dienone is 4. The Balaban J connectivity index is 2.19. The van der Waals surface area contributed by atoms with Crippen LogP contribution in [-0.4, -0.2) is 0 Å². The van der Waals surface area contributed by atoms with Gasteiger partial charge in [0.25, 0.3) is 0 Å². The van der Waals surface area contributed by atoms with Gasteiger partial charge >= 0.3 is 0 Å². The molecule has 0 amide bonds. The van der Waals surface area contributed by atoms with E-state index in [0.29, 0.717) is 5.41 Å². The minimum absolute atomic E-state index is 0.474. The van der Waals surface area contributed by atoms with E-state index in [4.69, 9.17) is 0 Å². The van der Waals surface area contributed by atoms with E-state index in [9.17, 15) is 0 Å². The fourth-order valence-corrected chi connectivity index (χ4v) is 2.96. The van der Waals surface area contributed by atoms with E-state index in [2.05, 4.69) is 26.2 Å². The van der Waals surface area contributed by atoms with Crippen LogP contribution in [0.3, 0.4) is 0 Å². The highest BCUT2D eigenvalue weighted by atomic mass is 14.4. The van der Waals surface area contributed by atoms with Crippen molar-refractivity contribution in [3.63, 3.8) is 0 Å². The molecule has 0 aromatic carbocycles. The molecule has 0 aromatic rings. The van der Waals surface area contributed by atoms with Crippen LogP contribution < -0.4 is 0 Å². The predicted molar refractivity (Wildman–Crippen MR) is 66.8 cm³/mol. The Morgan fingerprint density at radius 3 is 2.33 bits per heavy atom. The van der Waals surface area contributed by atoms with Crippen molar-refractivity contribution in [3.05, 3.63) is 36.0 Å². The molecule has 0 nitrogen and oxygen atoms in total. The maximum atomic E-state index is 4.10. The van der Waals surface area contributed by atoms with Crippen LogP contribution in [-0.2, 0) is 0 Å². The second kappa shape index (κ2) is 4.00. The first-order valence-electron chi connectivity index (χ1n) is 6.20. The van der Waals surface area contributed by atoms with Gasteiger partial charge in [-0.1, -0.05) is 51.0 Å². The topological polar surface area (TPSA) is 0 Å². The van der Waals surface area contributed by atoms with E-state index in [1.165, 1.54) is 49.7 Å². The Morgan fingerprint density at radius 2 is 1.73 bits per heavy atom. The van der Waals surface area contributed by atoms with E-state index in [1.54, 1.807) is 5.57 Å². The summed E-state index contributed by atoms with van der Waals surface area (Å²) in [5, 5.41) is 0. The van der Waals surface area contributed by atoms with Crippen LogP contribution >= 0.6 is 0 Å². The molecule has 15 heavy (non-hydrogen) atoms. The van der Waals surface area contributed by atoms with Crippen molar-refractivity contribution < 1.29 is 0 Å². The van der Waals surface area contributed by atoms with Crippen molar-refractivity contribution in [2.24, 2.45) is 5.41 Å². The largest absolute Gasteiger partial charge is 0.0952 e. The first-order valence-corrected chi connectivity index (χ1v) is 6.20. The second-order valence-corrected chi connectivity index (χ2v) is 5.42. The van der Waals surface area contributed by atoms with Crippen LogP contribution in [0.2, 0.25) is 0 Å². The van der Waals surface area contributed by atoms with Crippen molar-refractivity contribution >= 4 is 0 Å². The molecule has 2 aliphatic rings. The van der Waals surface area contributed by atoms with Crippen LogP contribution in [0, 0.1) is 5.41 Å². The van der Waals surface area contributed by atoms with Crippen LogP contribution in [0.1, 0.15) is 51.9 Å². The summed E-state index contributed by atoms with van der Waals surface area (Å²) in [4.78, 5) is 0. The number of rotatable bonds is 1. The van der Waals surface area contributed by atoms with Crippen molar-refractivity contribution in [1.82, 2.24) is 0 Å². The molecule has 0 spiro atoms. The zero-order valence-corrected chi connectivity index (χ0v) is 9.94. The molecule has 0 atom stereocenters. The molecule has 0 saturated heterocycles. The molecule has 0 aliphatic heterocycles. The third-order valence-corrected chi connectivity index (χ3v) is 4.23. The SMILES string of the molecule is C=C1C=C(C2(C)CCCCC2)CCC1=C. The third kappa shape index (κ3) is 2.09. The monoisotopic (exact) mass is 202 g/mol. The van der Waals surface area contributed by atoms with Gasteiger partial charge in [-0.25, -0.2) is 0 Å². The van der Waals surface area contributed by atoms with Crippen LogP contribution in [0.25, 0.3) is 0 Å². The molecule has 82 valence electrons. The van der Waals surface area contributed by atoms with E-state index < -0.39 is 0 Å². The Labute approximate surface area is 93.8 Å². The highest BCUT2D eigenvalue weighted by Crippen LogP contribution is 2.46. The van der Waals surface area contributed by atoms with Crippen molar-refractivity contribution in [2.45, 2.75) is 51.9 Å². The summed E-state index contributed by atoms with van der Waals surface area (Å²) in [5.41, 5.74) is 4.52. The highest BCUT2D eigenvalue weighted by molar-refractivity contribution is 5.43. The molecule has 0 heteroatoms. The standard InChI is InChI=1S/C15H22/c1-12-7-8-14(11-13(12)2)15(3)9-5-4-6-10-15/h11H,1-2,4-10H2,3H3. The Bertz CT molecular complexity index is 311. The van der Waals surface area contributed by atoms with Gasteiger partial charge in [0.2, 0.25) is 0 Å². The summed E-state index contributed by atoms with van der Waals surface area (Å²) in [6, 6.07) is 0. The molecule has 0 heterocycles. The number of hydrogen-bond donors (Lipinski definition) is 0. The average Bonchev–Trinajstić information content (AvgIpc) is 2.23. The minimum Gasteiger partial charge on any atom is -0.0952 e. The zero-order valence-electron chi connectivity index (χ0n) is 9.94. The quantitative estimate of drug-likeness (QED) is 0.573. The molecular weight excluding hydrogens is 180 g/mol. The lowest BCUT2D eigenvalue weighted by atomic mass is 9.67. The van der Waals surface area contributed by atoms with Gasteiger partial charge in [-0.2, -0.15) is 0 Å². The molecule has 0 N–H and O–H groups in total. The van der Waals surface area contributed by atoms with Crippen molar-refractivity contribution in [2.75, 3.05) is 0 Å². The molecule has 0 radical (unpaired) electrons. The Hall–Kier alpha value is -0.780. The first kappa shape index (κ1) is 10.7. The molecule has 0 unspecified atom stereocenters. The molecular formula is C15H22. The van der Waals surface area contributed by atoms with Gasteiger partial charge in [-0.3, -0.25) is 0 Å². The van der Waals surface area contributed by atoms with E-state index >= 15 is 0 Å². The van der Waals surface area contributed by atoms with Crippen LogP contribution in [0.15, 0.2) is 36.0 Å². The zero-order chi connectivity index (χ0) is 10.9. The van der Waals surface area contributed by atoms with Crippen LogP contribution in [0.4, 0.5) is 0 Å². The smallest absolute Gasteiger partial charge is 0.0113 e. The summed E-state index contributed by atoms with van der Waals surface area (Å²) in [7, 11) is 0. The summed E-state index contributed by atoms with van der Waals surface area (Å²) in [5.74, 6) is 0. The maximum absolute atomic E-state index is 4.10. The lowest BCUT2D eigenvalue weighted by molar-refractivity contribution is 0.259. The van der Waals surface area contributed by atoms with E-state index in [-0.39, 0.29) is 0 Å². The van der Waals surface area contributed by atoms with Crippen LogP contribution in [0.5, 0.6) is 0 Å². The van der Waals surface area contributed by atoms with E-state index in [0.717, 1.165) is 6.42 Å². The summed E-state index contributed by atoms with van der Waals surface area (Å²) < 4.78 is 0.